The van der Waals surface area contributed by atoms with Crippen LogP contribution in [0.15, 0.2) is 12.7 Å². The fourth-order valence-electron chi connectivity index (χ4n) is 1.56. The Hall–Kier alpha value is -0.760. The molecule has 0 aromatic carbocycles. The van der Waals surface area contributed by atoms with Crippen molar-refractivity contribution in [2.45, 2.75) is 6.67 Å². The van der Waals surface area contributed by atoms with E-state index in [9.17, 15) is 0 Å². The maximum Gasteiger partial charge on any atom is 0.204 e. The summed E-state index contributed by atoms with van der Waals surface area (Å²) in [4.78, 5) is 2.29. The Morgan fingerprint density at radius 2 is 2.29 bits per heavy atom. The first-order chi connectivity index (χ1) is 8.29. The molecule has 1 N–H and O–H groups in total. The minimum atomic E-state index is 0.708. The molecular weight excluding hydrogens is 256 g/mol. The minimum absolute atomic E-state index is 0.708. The van der Waals surface area contributed by atoms with Crippen molar-refractivity contribution in [2.75, 3.05) is 38.2 Å². The SMILES string of the molecule is C=CCNc1nn(CN2CCOCC2)c(=S)s1. The highest BCUT2D eigenvalue weighted by Gasteiger charge is 2.12. The molecule has 0 unspecified atom stereocenters. The number of hydrogen-bond donors (Lipinski definition) is 1. The summed E-state index contributed by atoms with van der Waals surface area (Å²) in [6, 6.07) is 0. The second-order valence-corrected chi connectivity index (χ2v) is 5.34. The number of anilines is 1. The van der Waals surface area contributed by atoms with Crippen molar-refractivity contribution < 1.29 is 4.74 Å². The van der Waals surface area contributed by atoms with Gasteiger partial charge in [-0.3, -0.25) is 4.90 Å². The Balaban J connectivity index is 1.97. The van der Waals surface area contributed by atoms with Crippen LogP contribution in [0, 0.1) is 3.95 Å². The maximum absolute atomic E-state index is 5.31. The van der Waals surface area contributed by atoms with Crippen LogP contribution >= 0.6 is 23.6 Å². The smallest absolute Gasteiger partial charge is 0.204 e. The van der Waals surface area contributed by atoms with Crippen molar-refractivity contribution in [2.24, 2.45) is 0 Å². The second kappa shape index (κ2) is 6.25. The number of morpholine rings is 1. The van der Waals surface area contributed by atoms with Crippen LogP contribution in [-0.2, 0) is 11.4 Å². The summed E-state index contributed by atoms with van der Waals surface area (Å²) in [6.07, 6.45) is 1.80. The molecule has 2 rings (SSSR count). The summed E-state index contributed by atoms with van der Waals surface area (Å²) in [7, 11) is 0. The maximum atomic E-state index is 5.31. The van der Waals surface area contributed by atoms with Gasteiger partial charge in [0.05, 0.1) is 19.9 Å². The van der Waals surface area contributed by atoms with Gasteiger partial charge in [-0.1, -0.05) is 17.4 Å². The summed E-state index contributed by atoms with van der Waals surface area (Å²) in [6.45, 7) is 8.57. The van der Waals surface area contributed by atoms with E-state index in [1.54, 1.807) is 6.08 Å². The van der Waals surface area contributed by atoms with E-state index in [0.29, 0.717) is 6.54 Å². The third-order valence-corrected chi connectivity index (χ3v) is 3.71. The van der Waals surface area contributed by atoms with Gasteiger partial charge in [0.25, 0.3) is 0 Å². The summed E-state index contributed by atoms with van der Waals surface area (Å²) in [5, 5.41) is 8.43. The van der Waals surface area contributed by atoms with Gasteiger partial charge in [-0.15, -0.1) is 11.7 Å². The molecular formula is C10H16N4OS2. The highest BCUT2D eigenvalue weighted by molar-refractivity contribution is 7.73. The van der Waals surface area contributed by atoms with Crippen molar-refractivity contribution in [1.29, 1.82) is 0 Å². The molecule has 0 saturated carbocycles. The quantitative estimate of drug-likeness (QED) is 0.651. The number of aromatic nitrogens is 2. The van der Waals surface area contributed by atoms with Gasteiger partial charge in [-0.25, -0.2) is 4.68 Å². The average Bonchev–Trinajstić information content (AvgIpc) is 2.69. The number of ether oxygens (including phenoxy) is 1. The normalized spacial score (nSPS) is 16.9. The Bertz CT molecular complexity index is 422. The Kier molecular flexibility index (Phi) is 4.66. The van der Waals surface area contributed by atoms with Crippen LogP contribution in [0.2, 0.25) is 0 Å². The van der Waals surface area contributed by atoms with Gasteiger partial charge in [0.2, 0.25) is 5.13 Å². The van der Waals surface area contributed by atoms with Gasteiger partial charge in [0.15, 0.2) is 3.95 Å². The molecule has 0 aliphatic carbocycles. The fraction of sp³-hybridized carbons (Fsp3) is 0.600. The zero-order valence-electron chi connectivity index (χ0n) is 9.59. The van der Waals surface area contributed by atoms with Crippen LogP contribution in [0.3, 0.4) is 0 Å². The molecule has 0 atom stereocenters. The van der Waals surface area contributed by atoms with Gasteiger partial charge >= 0.3 is 0 Å². The Labute approximate surface area is 110 Å². The predicted octanol–water partition coefficient (Wildman–Crippen LogP) is 1.56. The van der Waals surface area contributed by atoms with E-state index in [4.69, 9.17) is 17.0 Å². The monoisotopic (exact) mass is 272 g/mol. The van der Waals surface area contributed by atoms with E-state index in [2.05, 4.69) is 21.9 Å². The third-order valence-electron chi connectivity index (χ3n) is 2.44. The van der Waals surface area contributed by atoms with E-state index >= 15 is 0 Å². The molecule has 0 radical (unpaired) electrons. The number of nitrogens with zero attached hydrogens (tertiary/aromatic N) is 3. The van der Waals surface area contributed by atoms with E-state index in [1.807, 2.05) is 4.68 Å². The van der Waals surface area contributed by atoms with Gasteiger partial charge in [0, 0.05) is 19.6 Å². The zero-order chi connectivity index (χ0) is 12.1. The van der Waals surface area contributed by atoms with Crippen molar-refractivity contribution in [3.8, 4) is 0 Å². The molecule has 1 fully saturated rings. The van der Waals surface area contributed by atoms with Crippen LogP contribution in [0.5, 0.6) is 0 Å². The van der Waals surface area contributed by atoms with Crippen LogP contribution in [0.4, 0.5) is 5.13 Å². The highest BCUT2D eigenvalue weighted by atomic mass is 32.1. The predicted molar refractivity (Wildman–Crippen MR) is 72.0 cm³/mol. The zero-order valence-corrected chi connectivity index (χ0v) is 11.2. The first-order valence-corrected chi connectivity index (χ1v) is 6.75. The fourth-order valence-corrected chi connectivity index (χ4v) is 2.56. The summed E-state index contributed by atoms with van der Waals surface area (Å²) in [5.41, 5.74) is 0. The molecule has 0 bridgehead atoms. The van der Waals surface area contributed by atoms with Crippen molar-refractivity contribution >= 4 is 28.7 Å². The van der Waals surface area contributed by atoms with Gasteiger partial charge in [-0.2, -0.15) is 0 Å². The largest absolute Gasteiger partial charge is 0.379 e. The number of nitrogens with one attached hydrogen (secondary N) is 1. The third kappa shape index (κ3) is 3.60. The van der Waals surface area contributed by atoms with E-state index in [-0.39, 0.29) is 0 Å². The molecule has 1 aromatic rings. The van der Waals surface area contributed by atoms with Crippen LogP contribution in [0.1, 0.15) is 0 Å². The molecule has 7 heteroatoms. The first kappa shape index (κ1) is 12.7. The van der Waals surface area contributed by atoms with Crippen LogP contribution < -0.4 is 5.32 Å². The molecule has 17 heavy (non-hydrogen) atoms. The minimum Gasteiger partial charge on any atom is -0.379 e. The lowest BCUT2D eigenvalue weighted by molar-refractivity contribution is 0.0212. The average molecular weight is 272 g/mol. The summed E-state index contributed by atoms with van der Waals surface area (Å²) >= 11 is 6.78. The standard InChI is InChI=1S/C10H16N4OS2/c1-2-3-11-9-12-14(10(16)17-9)8-13-4-6-15-7-5-13/h2H,1,3-8H2,(H,11,12). The van der Waals surface area contributed by atoms with Crippen LogP contribution in [-0.4, -0.2) is 47.5 Å². The number of rotatable bonds is 5. The summed E-state index contributed by atoms with van der Waals surface area (Å²) < 4.78 is 7.96. The molecule has 5 nitrogen and oxygen atoms in total. The molecule has 1 saturated heterocycles. The highest BCUT2D eigenvalue weighted by Crippen LogP contribution is 2.14. The topological polar surface area (TPSA) is 42.3 Å². The van der Waals surface area contributed by atoms with Gasteiger partial charge in [0.1, 0.15) is 0 Å². The Morgan fingerprint density at radius 1 is 1.53 bits per heavy atom. The van der Waals surface area contributed by atoms with E-state index in [1.165, 1.54) is 11.3 Å². The van der Waals surface area contributed by atoms with Gasteiger partial charge < -0.3 is 10.1 Å². The van der Waals surface area contributed by atoms with Crippen LogP contribution in [0.25, 0.3) is 0 Å². The molecule has 1 aliphatic heterocycles. The molecule has 94 valence electrons. The second-order valence-electron chi connectivity index (χ2n) is 3.71. The lowest BCUT2D eigenvalue weighted by Crippen LogP contribution is -2.37. The van der Waals surface area contributed by atoms with Crippen molar-refractivity contribution in [3.05, 3.63) is 16.6 Å². The first-order valence-electron chi connectivity index (χ1n) is 5.52. The van der Waals surface area contributed by atoms with Gasteiger partial charge in [-0.05, 0) is 12.2 Å². The van der Waals surface area contributed by atoms with Crippen molar-refractivity contribution in [3.63, 3.8) is 0 Å². The molecule has 1 aromatic heterocycles. The molecule has 1 aliphatic rings. The van der Waals surface area contributed by atoms with E-state index < -0.39 is 0 Å². The van der Waals surface area contributed by atoms with E-state index in [0.717, 1.165) is 42.1 Å². The summed E-state index contributed by atoms with van der Waals surface area (Å²) in [5.74, 6) is 0. The number of hydrogen-bond acceptors (Lipinski definition) is 6. The molecule has 0 spiro atoms. The lowest BCUT2D eigenvalue weighted by Gasteiger charge is -2.25. The molecule has 2 heterocycles. The molecule has 0 amide bonds. The Morgan fingerprint density at radius 3 is 3.00 bits per heavy atom. The lowest BCUT2D eigenvalue weighted by atomic mass is 10.4. The van der Waals surface area contributed by atoms with Crippen molar-refractivity contribution in [1.82, 2.24) is 14.7 Å².